The number of ether oxygens (including phenoxy) is 4. The van der Waals surface area contributed by atoms with E-state index < -0.39 is 97.5 Å². The molecule has 0 aromatic heterocycles. The Hall–Kier alpha value is -1.94. The van der Waals surface area contributed by atoms with E-state index in [1.165, 1.54) is 231 Å². The third kappa shape index (κ3) is 76.1. The highest BCUT2D eigenvalue weighted by atomic mass is 31.2. The Morgan fingerprint density at radius 1 is 0.267 bits per heavy atom. The molecule has 5 atom stereocenters. The Balaban J connectivity index is 5.20. The Morgan fingerprint density at radius 3 is 0.673 bits per heavy atom. The highest BCUT2D eigenvalue weighted by molar-refractivity contribution is 7.47. The number of esters is 4. The van der Waals surface area contributed by atoms with E-state index in [0.717, 1.165) is 114 Å². The summed E-state index contributed by atoms with van der Waals surface area (Å²) >= 11 is 0. The van der Waals surface area contributed by atoms with Crippen molar-refractivity contribution in [3.63, 3.8) is 0 Å². The first-order chi connectivity index (χ1) is 48.7. The Bertz CT molecular complexity index is 1960. The van der Waals surface area contributed by atoms with Crippen LogP contribution in [-0.2, 0) is 65.4 Å². The molecular weight excluding hydrogens is 1320 g/mol. The first-order valence-electron chi connectivity index (χ1n) is 42.3. The second-order valence-corrected chi connectivity index (χ2v) is 33.8. The number of hydrogen-bond acceptors (Lipinski definition) is 15. The van der Waals surface area contributed by atoms with Crippen molar-refractivity contribution in [2.45, 2.75) is 446 Å². The normalized spacial score (nSPS) is 14.0. The average Bonchev–Trinajstić information content (AvgIpc) is 0.936. The smallest absolute Gasteiger partial charge is 0.462 e. The number of hydrogen-bond donors (Lipinski definition) is 3. The molecule has 0 amide bonds. The number of phosphoric acid groups is 2. The van der Waals surface area contributed by atoms with Crippen molar-refractivity contribution in [3.8, 4) is 0 Å². The van der Waals surface area contributed by atoms with Crippen LogP contribution in [0.3, 0.4) is 0 Å². The van der Waals surface area contributed by atoms with Gasteiger partial charge in [0.15, 0.2) is 12.2 Å². The van der Waals surface area contributed by atoms with Gasteiger partial charge >= 0.3 is 39.5 Å². The second-order valence-electron chi connectivity index (χ2n) is 30.9. The van der Waals surface area contributed by atoms with E-state index in [4.69, 9.17) is 37.0 Å². The van der Waals surface area contributed by atoms with Crippen molar-refractivity contribution in [2.24, 2.45) is 17.8 Å². The monoisotopic (exact) mass is 1480 g/mol. The van der Waals surface area contributed by atoms with Crippen LogP contribution in [0.1, 0.15) is 427 Å². The van der Waals surface area contributed by atoms with Gasteiger partial charge in [0.05, 0.1) is 26.4 Å². The first kappa shape index (κ1) is 99.1. The lowest BCUT2D eigenvalue weighted by molar-refractivity contribution is -0.161. The van der Waals surface area contributed by atoms with Crippen LogP contribution >= 0.6 is 15.6 Å². The summed E-state index contributed by atoms with van der Waals surface area (Å²) in [6.07, 6.45) is 61.1. The Morgan fingerprint density at radius 2 is 0.455 bits per heavy atom. The third-order valence-electron chi connectivity index (χ3n) is 19.1. The first-order valence-corrected chi connectivity index (χ1v) is 45.3. The highest BCUT2D eigenvalue weighted by Gasteiger charge is 2.30. The molecule has 0 spiro atoms. The van der Waals surface area contributed by atoms with Crippen molar-refractivity contribution < 1.29 is 80.2 Å². The summed E-state index contributed by atoms with van der Waals surface area (Å²) in [6, 6.07) is 0. The number of carbonyl (C=O) groups excluding carboxylic acids is 4. The van der Waals surface area contributed by atoms with E-state index >= 15 is 0 Å². The van der Waals surface area contributed by atoms with Gasteiger partial charge in [-0.15, -0.1) is 0 Å². The summed E-state index contributed by atoms with van der Waals surface area (Å²) in [4.78, 5) is 73.0. The van der Waals surface area contributed by atoms with Crippen LogP contribution in [0.25, 0.3) is 0 Å². The van der Waals surface area contributed by atoms with E-state index in [1.807, 2.05) is 0 Å². The number of rotatable bonds is 80. The molecule has 0 aromatic rings. The van der Waals surface area contributed by atoms with Gasteiger partial charge in [0.1, 0.15) is 19.3 Å². The minimum Gasteiger partial charge on any atom is -0.462 e. The molecular formula is C82H160O17P2. The fourth-order valence-electron chi connectivity index (χ4n) is 12.7. The second kappa shape index (κ2) is 72.3. The largest absolute Gasteiger partial charge is 0.472 e. The van der Waals surface area contributed by atoms with Gasteiger partial charge in [0.25, 0.3) is 0 Å². The molecule has 0 heterocycles. The van der Waals surface area contributed by atoms with Crippen LogP contribution in [0, 0.1) is 17.8 Å². The standard InChI is InChI=1S/C82H160O17P2/c1-8-9-10-11-12-42-49-56-63-79(84)92-69-77(98-82(87)66-59-52-45-38-32-26-25-29-35-41-48-55-62-75(6)7)71-96-100(88,89)94-67-76(83)68-95-101(90,91)97-72-78(99-81(86)65-58-51-44-37-31-24-20-16-14-18-22-28-34-40-47-54-61-74(4)5)70-93-80(85)64-57-50-43-36-30-23-19-15-13-17-21-27-33-39-46-53-60-73(2)3/h73-78,83H,8-72H2,1-7H3,(H,88,89)(H,90,91)/t76-,77+,78+/m0/s1. The average molecular weight is 1480 g/mol. The van der Waals surface area contributed by atoms with Crippen molar-refractivity contribution >= 4 is 39.5 Å². The van der Waals surface area contributed by atoms with Crippen LogP contribution in [0.15, 0.2) is 0 Å². The predicted molar refractivity (Wildman–Crippen MR) is 414 cm³/mol. The molecule has 0 aliphatic carbocycles. The predicted octanol–water partition coefficient (Wildman–Crippen LogP) is 24.5. The van der Waals surface area contributed by atoms with Gasteiger partial charge < -0.3 is 33.8 Å². The molecule has 0 aromatic carbocycles. The highest BCUT2D eigenvalue weighted by Crippen LogP contribution is 2.45. The van der Waals surface area contributed by atoms with Gasteiger partial charge in [-0.1, -0.05) is 376 Å². The van der Waals surface area contributed by atoms with Crippen LogP contribution in [-0.4, -0.2) is 96.7 Å². The summed E-state index contributed by atoms with van der Waals surface area (Å²) in [7, 11) is -9.92. The number of carbonyl (C=O) groups is 4. The van der Waals surface area contributed by atoms with Crippen LogP contribution in [0.2, 0.25) is 0 Å². The molecule has 0 aliphatic rings. The fraction of sp³-hybridized carbons (Fsp3) is 0.951. The van der Waals surface area contributed by atoms with E-state index in [2.05, 4.69) is 48.5 Å². The summed E-state index contributed by atoms with van der Waals surface area (Å²) in [5.41, 5.74) is 0. The molecule has 600 valence electrons. The molecule has 3 N–H and O–H groups in total. The van der Waals surface area contributed by atoms with E-state index in [9.17, 15) is 43.2 Å². The van der Waals surface area contributed by atoms with Gasteiger partial charge in [0, 0.05) is 25.7 Å². The fourth-order valence-corrected chi connectivity index (χ4v) is 14.2. The van der Waals surface area contributed by atoms with Gasteiger partial charge in [-0.05, 0) is 43.4 Å². The maximum atomic E-state index is 13.1. The van der Waals surface area contributed by atoms with Crippen molar-refractivity contribution in [2.75, 3.05) is 39.6 Å². The van der Waals surface area contributed by atoms with Gasteiger partial charge in [-0.3, -0.25) is 37.3 Å². The third-order valence-corrected chi connectivity index (χ3v) is 21.0. The van der Waals surface area contributed by atoms with Gasteiger partial charge in [-0.2, -0.15) is 0 Å². The van der Waals surface area contributed by atoms with Crippen LogP contribution in [0.5, 0.6) is 0 Å². The van der Waals surface area contributed by atoms with Crippen molar-refractivity contribution in [1.82, 2.24) is 0 Å². The zero-order chi connectivity index (χ0) is 74.4. The minimum absolute atomic E-state index is 0.107. The zero-order valence-electron chi connectivity index (χ0n) is 66.4. The molecule has 0 saturated carbocycles. The number of aliphatic hydroxyl groups is 1. The molecule has 0 saturated heterocycles. The van der Waals surface area contributed by atoms with Gasteiger partial charge in [0.2, 0.25) is 0 Å². The molecule has 0 bridgehead atoms. The summed E-state index contributed by atoms with van der Waals surface area (Å²) in [6.45, 7) is 12.0. The Labute approximate surface area is 619 Å². The number of unbranched alkanes of at least 4 members (excludes halogenated alkanes) is 48. The quantitative estimate of drug-likeness (QED) is 0.0222. The van der Waals surface area contributed by atoms with Crippen LogP contribution in [0.4, 0.5) is 0 Å². The molecule has 2 unspecified atom stereocenters. The van der Waals surface area contributed by atoms with E-state index in [0.29, 0.717) is 25.7 Å². The molecule has 0 rings (SSSR count). The molecule has 19 heteroatoms. The van der Waals surface area contributed by atoms with Crippen molar-refractivity contribution in [3.05, 3.63) is 0 Å². The van der Waals surface area contributed by atoms with E-state index in [-0.39, 0.29) is 25.7 Å². The topological polar surface area (TPSA) is 237 Å². The lowest BCUT2D eigenvalue weighted by atomic mass is 10.0. The van der Waals surface area contributed by atoms with Crippen LogP contribution < -0.4 is 0 Å². The van der Waals surface area contributed by atoms with Crippen molar-refractivity contribution in [1.29, 1.82) is 0 Å². The number of aliphatic hydroxyl groups excluding tert-OH is 1. The molecule has 0 aliphatic heterocycles. The molecule has 0 radical (unpaired) electrons. The zero-order valence-corrected chi connectivity index (χ0v) is 68.2. The molecule has 0 fully saturated rings. The molecule has 17 nitrogen and oxygen atoms in total. The summed E-state index contributed by atoms with van der Waals surface area (Å²) in [5, 5.41) is 10.6. The molecule has 101 heavy (non-hydrogen) atoms. The van der Waals surface area contributed by atoms with Gasteiger partial charge in [-0.25, -0.2) is 9.13 Å². The lowest BCUT2D eigenvalue weighted by Gasteiger charge is -2.21. The number of phosphoric ester groups is 2. The maximum Gasteiger partial charge on any atom is 0.472 e. The lowest BCUT2D eigenvalue weighted by Crippen LogP contribution is -2.30. The Kier molecular flexibility index (Phi) is 70.9. The summed E-state index contributed by atoms with van der Waals surface area (Å²) < 4.78 is 68.7. The summed E-state index contributed by atoms with van der Waals surface area (Å²) in [5.74, 6) is 0.287. The minimum atomic E-state index is -4.96. The SMILES string of the molecule is CCCCCCCCCCC(=O)OC[C@H](COP(=O)(O)OC[C@H](O)COP(=O)(O)OC[C@@H](COC(=O)CCCCCCCCCCCCCCCCCCC(C)C)OC(=O)CCCCCCCCCCCCCCCCCCC(C)C)OC(=O)CCCCCCCCCCCCCCC(C)C. The maximum absolute atomic E-state index is 13.1. The van der Waals surface area contributed by atoms with E-state index in [1.54, 1.807) is 0 Å².